The highest BCUT2D eigenvalue weighted by Crippen LogP contribution is 2.23. The SMILES string of the molecule is COCCCC1CCCN(OC(=O)C(C)(C)C)C1. The van der Waals surface area contributed by atoms with E-state index in [1.54, 1.807) is 7.11 Å². The molecule has 1 atom stereocenters. The maximum Gasteiger partial charge on any atom is 0.330 e. The van der Waals surface area contributed by atoms with Crippen LogP contribution in [0.1, 0.15) is 46.5 Å². The maximum absolute atomic E-state index is 11.8. The van der Waals surface area contributed by atoms with Crippen LogP contribution in [0.2, 0.25) is 0 Å². The van der Waals surface area contributed by atoms with Crippen molar-refractivity contribution >= 4 is 5.97 Å². The molecule has 0 aromatic heterocycles. The molecule has 18 heavy (non-hydrogen) atoms. The van der Waals surface area contributed by atoms with Gasteiger partial charge < -0.3 is 9.57 Å². The Hall–Kier alpha value is -0.610. The Bertz CT molecular complexity index is 260. The Balaban J connectivity index is 2.32. The molecule has 4 nitrogen and oxygen atoms in total. The second kappa shape index (κ2) is 7.10. The molecule has 0 aromatic carbocycles. The minimum Gasteiger partial charge on any atom is -0.385 e. The summed E-state index contributed by atoms with van der Waals surface area (Å²) in [6.45, 7) is 8.20. The number of carbonyl (C=O) groups excluding carboxylic acids is 1. The lowest BCUT2D eigenvalue weighted by atomic mass is 9.94. The Morgan fingerprint density at radius 2 is 2.11 bits per heavy atom. The lowest BCUT2D eigenvalue weighted by molar-refractivity contribution is -0.207. The molecule has 0 bridgehead atoms. The van der Waals surface area contributed by atoms with Crippen LogP contribution in [0.5, 0.6) is 0 Å². The number of methoxy groups -OCH3 is 1. The fourth-order valence-electron chi connectivity index (χ4n) is 2.12. The fraction of sp³-hybridized carbons (Fsp3) is 0.929. The van der Waals surface area contributed by atoms with Crippen molar-refractivity contribution < 1.29 is 14.4 Å². The van der Waals surface area contributed by atoms with Gasteiger partial charge in [0.2, 0.25) is 0 Å². The van der Waals surface area contributed by atoms with Gasteiger partial charge >= 0.3 is 5.97 Å². The number of hydroxylamine groups is 2. The van der Waals surface area contributed by atoms with Crippen LogP contribution in [0.4, 0.5) is 0 Å². The summed E-state index contributed by atoms with van der Waals surface area (Å²) in [4.78, 5) is 17.3. The van der Waals surface area contributed by atoms with Gasteiger partial charge in [-0.05, 0) is 52.4 Å². The average molecular weight is 257 g/mol. The van der Waals surface area contributed by atoms with Crippen molar-refractivity contribution in [3.8, 4) is 0 Å². The first-order chi connectivity index (χ1) is 8.43. The van der Waals surface area contributed by atoms with E-state index in [1.807, 2.05) is 25.8 Å². The first-order valence-electron chi connectivity index (χ1n) is 6.89. The third-order valence-electron chi connectivity index (χ3n) is 3.27. The van der Waals surface area contributed by atoms with Crippen LogP contribution >= 0.6 is 0 Å². The maximum atomic E-state index is 11.8. The van der Waals surface area contributed by atoms with Crippen molar-refractivity contribution in [1.29, 1.82) is 0 Å². The number of ether oxygens (including phenoxy) is 1. The van der Waals surface area contributed by atoms with Crippen molar-refractivity contribution in [1.82, 2.24) is 5.06 Å². The van der Waals surface area contributed by atoms with E-state index in [4.69, 9.17) is 9.57 Å². The Morgan fingerprint density at radius 3 is 2.72 bits per heavy atom. The molecule has 0 amide bonds. The van der Waals surface area contributed by atoms with Gasteiger partial charge in [-0.2, -0.15) is 0 Å². The van der Waals surface area contributed by atoms with Crippen molar-refractivity contribution in [3.63, 3.8) is 0 Å². The van der Waals surface area contributed by atoms with Gasteiger partial charge in [-0.15, -0.1) is 5.06 Å². The number of hydrogen-bond acceptors (Lipinski definition) is 4. The Morgan fingerprint density at radius 1 is 1.39 bits per heavy atom. The van der Waals surface area contributed by atoms with Crippen molar-refractivity contribution in [2.75, 3.05) is 26.8 Å². The van der Waals surface area contributed by atoms with E-state index in [2.05, 4.69) is 0 Å². The van der Waals surface area contributed by atoms with E-state index < -0.39 is 5.41 Å². The number of hydrogen-bond donors (Lipinski definition) is 0. The van der Waals surface area contributed by atoms with Crippen LogP contribution in [0.15, 0.2) is 0 Å². The Kier molecular flexibility index (Phi) is 6.09. The molecule has 1 heterocycles. The molecule has 0 radical (unpaired) electrons. The first-order valence-corrected chi connectivity index (χ1v) is 6.89. The van der Waals surface area contributed by atoms with Crippen LogP contribution in [-0.4, -0.2) is 37.8 Å². The summed E-state index contributed by atoms with van der Waals surface area (Å²) in [7, 11) is 1.73. The summed E-state index contributed by atoms with van der Waals surface area (Å²) >= 11 is 0. The zero-order valence-corrected chi connectivity index (χ0v) is 12.2. The topological polar surface area (TPSA) is 38.8 Å². The highest BCUT2D eigenvalue weighted by Gasteiger charge is 2.28. The van der Waals surface area contributed by atoms with Gasteiger partial charge in [0.1, 0.15) is 0 Å². The minimum atomic E-state index is -0.428. The van der Waals surface area contributed by atoms with Crippen LogP contribution in [-0.2, 0) is 14.4 Å². The number of piperidine rings is 1. The summed E-state index contributed by atoms with van der Waals surface area (Å²) < 4.78 is 5.07. The lowest BCUT2D eigenvalue weighted by Crippen LogP contribution is -2.40. The highest BCUT2D eigenvalue weighted by atomic mass is 16.7. The zero-order valence-electron chi connectivity index (χ0n) is 12.2. The molecule has 1 fully saturated rings. The second-order valence-corrected chi connectivity index (χ2v) is 6.16. The smallest absolute Gasteiger partial charge is 0.330 e. The quantitative estimate of drug-likeness (QED) is 0.710. The van der Waals surface area contributed by atoms with Crippen molar-refractivity contribution in [2.45, 2.75) is 46.5 Å². The van der Waals surface area contributed by atoms with E-state index in [0.717, 1.165) is 39.0 Å². The normalized spacial score (nSPS) is 21.9. The van der Waals surface area contributed by atoms with Gasteiger partial charge in [0.15, 0.2) is 0 Å². The van der Waals surface area contributed by atoms with Crippen LogP contribution in [0, 0.1) is 11.3 Å². The van der Waals surface area contributed by atoms with Crippen LogP contribution in [0.3, 0.4) is 0 Å². The molecular formula is C14H27NO3. The monoisotopic (exact) mass is 257 g/mol. The highest BCUT2D eigenvalue weighted by molar-refractivity contribution is 5.75. The van der Waals surface area contributed by atoms with E-state index in [1.165, 1.54) is 6.42 Å². The van der Waals surface area contributed by atoms with Gasteiger partial charge in [-0.25, -0.2) is 4.79 Å². The van der Waals surface area contributed by atoms with E-state index in [9.17, 15) is 4.79 Å². The van der Waals surface area contributed by atoms with Gasteiger partial charge in [-0.1, -0.05) is 0 Å². The fourth-order valence-corrected chi connectivity index (χ4v) is 2.12. The van der Waals surface area contributed by atoms with Gasteiger partial charge in [0.25, 0.3) is 0 Å². The molecule has 0 N–H and O–H groups in total. The molecule has 1 aliphatic rings. The second-order valence-electron chi connectivity index (χ2n) is 6.16. The lowest BCUT2D eigenvalue weighted by Gasteiger charge is -2.32. The molecule has 0 aliphatic carbocycles. The van der Waals surface area contributed by atoms with Crippen LogP contribution < -0.4 is 0 Å². The third-order valence-corrected chi connectivity index (χ3v) is 3.27. The largest absolute Gasteiger partial charge is 0.385 e. The van der Waals surface area contributed by atoms with E-state index in [0.29, 0.717) is 5.92 Å². The molecule has 1 rings (SSSR count). The average Bonchev–Trinajstić information content (AvgIpc) is 2.28. The van der Waals surface area contributed by atoms with Gasteiger partial charge in [0.05, 0.1) is 5.41 Å². The standard InChI is InChI=1S/C14H27NO3/c1-14(2,3)13(16)18-15-9-5-7-12(11-15)8-6-10-17-4/h12H,5-11H2,1-4H3. The summed E-state index contributed by atoms with van der Waals surface area (Å²) in [6, 6.07) is 0. The predicted octanol–water partition coefficient (Wildman–Crippen LogP) is 2.63. The van der Waals surface area contributed by atoms with Gasteiger partial charge in [0, 0.05) is 26.8 Å². The number of carbonyl (C=O) groups is 1. The number of nitrogens with zero attached hydrogens (tertiary/aromatic N) is 1. The summed E-state index contributed by atoms with van der Waals surface area (Å²) in [5.74, 6) is 0.488. The van der Waals surface area contributed by atoms with Gasteiger partial charge in [-0.3, -0.25) is 0 Å². The van der Waals surface area contributed by atoms with E-state index in [-0.39, 0.29) is 5.97 Å². The summed E-state index contributed by atoms with van der Waals surface area (Å²) in [5.41, 5.74) is -0.428. The van der Waals surface area contributed by atoms with E-state index >= 15 is 0 Å². The number of rotatable bonds is 5. The van der Waals surface area contributed by atoms with Crippen LogP contribution in [0.25, 0.3) is 0 Å². The Labute approximate surface area is 111 Å². The zero-order chi connectivity index (χ0) is 13.6. The molecule has 0 saturated carbocycles. The molecule has 0 spiro atoms. The minimum absolute atomic E-state index is 0.139. The molecular weight excluding hydrogens is 230 g/mol. The summed E-state index contributed by atoms with van der Waals surface area (Å²) in [6.07, 6.45) is 4.57. The van der Waals surface area contributed by atoms with Crippen molar-refractivity contribution in [2.24, 2.45) is 11.3 Å². The molecule has 1 unspecified atom stereocenters. The molecule has 106 valence electrons. The molecule has 4 heteroatoms. The molecule has 1 aliphatic heterocycles. The predicted molar refractivity (Wildman–Crippen MR) is 71.0 cm³/mol. The summed E-state index contributed by atoms with van der Waals surface area (Å²) in [5, 5.41) is 1.84. The third kappa shape index (κ3) is 5.36. The molecule has 0 aromatic rings. The molecule has 1 saturated heterocycles. The first kappa shape index (κ1) is 15.4. The van der Waals surface area contributed by atoms with Crippen molar-refractivity contribution in [3.05, 3.63) is 0 Å².